The van der Waals surface area contributed by atoms with Crippen LogP contribution in [0.2, 0.25) is 0 Å². The van der Waals surface area contributed by atoms with E-state index in [0.29, 0.717) is 17.9 Å². The zero-order chi connectivity index (χ0) is 14.4. The topological polar surface area (TPSA) is 68.0 Å². The molecule has 0 atom stereocenters. The number of aryl methyl sites for hydroxylation is 1. The Morgan fingerprint density at radius 3 is 2.85 bits per heavy atom. The molecule has 1 amide bonds. The predicted molar refractivity (Wildman–Crippen MR) is 79.3 cm³/mol. The van der Waals surface area contributed by atoms with Crippen molar-refractivity contribution in [2.75, 3.05) is 11.9 Å². The van der Waals surface area contributed by atoms with Gasteiger partial charge in [-0.3, -0.25) is 4.79 Å². The lowest BCUT2D eigenvalue weighted by molar-refractivity contribution is 0.102. The van der Waals surface area contributed by atoms with Gasteiger partial charge in [0.25, 0.3) is 5.91 Å². The number of rotatable bonds is 2. The summed E-state index contributed by atoms with van der Waals surface area (Å²) in [7, 11) is 0. The first-order chi connectivity index (χ1) is 9.69. The Morgan fingerprint density at radius 2 is 2.10 bits per heavy atom. The number of amides is 1. The number of hydrogen-bond acceptors (Lipinski definition) is 3. The maximum absolute atomic E-state index is 12.1. The number of hydrogen-bond donors (Lipinski definition) is 2. The molecular formula is C16H15N3O. The highest BCUT2D eigenvalue weighted by atomic mass is 16.1. The zero-order valence-corrected chi connectivity index (χ0v) is 11.2. The maximum atomic E-state index is 12.1. The van der Waals surface area contributed by atoms with Gasteiger partial charge in [-0.1, -0.05) is 24.0 Å². The Morgan fingerprint density at radius 1 is 1.30 bits per heavy atom. The van der Waals surface area contributed by atoms with Gasteiger partial charge in [0, 0.05) is 16.8 Å². The van der Waals surface area contributed by atoms with E-state index in [1.807, 2.05) is 25.1 Å². The van der Waals surface area contributed by atoms with Crippen LogP contribution in [0.5, 0.6) is 0 Å². The normalized spacial score (nSPS) is 9.50. The predicted octanol–water partition coefficient (Wildman–Crippen LogP) is 1.95. The number of nitrogens with two attached hydrogens (primary N) is 1. The van der Waals surface area contributed by atoms with E-state index < -0.39 is 0 Å². The molecule has 0 unspecified atom stereocenters. The van der Waals surface area contributed by atoms with E-state index in [4.69, 9.17) is 5.73 Å². The average Bonchev–Trinajstić information content (AvgIpc) is 2.45. The lowest BCUT2D eigenvalue weighted by atomic mass is 10.1. The Balaban J connectivity index is 2.17. The first-order valence-corrected chi connectivity index (χ1v) is 6.23. The molecule has 2 aromatic rings. The largest absolute Gasteiger partial charge is 0.320 e. The Kier molecular flexibility index (Phi) is 4.48. The van der Waals surface area contributed by atoms with Gasteiger partial charge in [-0.15, -0.1) is 0 Å². The summed E-state index contributed by atoms with van der Waals surface area (Å²) in [4.78, 5) is 16.4. The first-order valence-electron chi connectivity index (χ1n) is 6.23. The minimum Gasteiger partial charge on any atom is -0.320 e. The second-order valence-electron chi connectivity index (χ2n) is 4.21. The summed E-state index contributed by atoms with van der Waals surface area (Å²) in [5, 5.41) is 2.76. The molecular weight excluding hydrogens is 250 g/mol. The summed E-state index contributed by atoms with van der Waals surface area (Å²) < 4.78 is 0. The molecule has 0 saturated carbocycles. The van der Waals surface area contributed by atoms with Gasteiger partial charge < -0.3 is 11.1 Å². The molecule has 4 nitrogen and oxygen atoms in total. The summed E-state index contributed by atoms with van der Waals surface area (Å²) in [6.07, 6.45) is 0. The van der Waals surface area contributed by atoms with Crippen LogP contribution in [0.25, 0.3) is 0 Å². The first kappa shape index (κ1) is 13.8. The molecule has 20 heavy (non-hydrogen) atoms. The van der Waals surface area contributed by atoms with Crippen LogP contribution in [-0.2, 0) is 0 Å². The van der Waals surface area contributed by atoms with E-state index in [1.54, 1.807) is 24.3 Å². The van der Waals surface area contributed by atoms with Crippen molar-refractivity contribution in [3.63, 3.8) is 0 Å². The van der Waals surface area contributed by atoms with Gasteiger partial charge in [-0.25, -0.2) is 4.98 Å². The van der Waals surface area contributed by atoms with Crippen molar-refractivity contribution >= 4 is 11.7 Å². The summed E-state index contributed by atoms with van der Waals surface area (Å²) in [6, 6.07) is 12.6. The molecule has 1 aromatic carbocycles. The third-order valence-corrected chi connectivity index (χ3v) is 2.59. The molecule has 0 fully saturated rings. The molecule has 0 aliphatic heterocycles. The van der Waals surface area contributed by atoms with E-state index in [-0.39, 0.29) is 5.91 Å². The van der Waals surface area contributed by atoms with Gasteiger partial charge in [0.2, 0.25) is 0 Å². The summed E-state index contributed by atoms with van der Waals surface area (Å²) >= 11 is 0. The molecule has 0 aliphatic rings. The highest BCUT2D eigenvalue weighted by molar-refractivity contribution is 6.03. The monoisotopic (exact) mass is 265 g/mol. The lowest BCUT2D eigenvalue weighted by Gasteiger charge is -2.05. The SMILES string of the molecule is Cc1cccc(NC(=O)c2cccc(C#CCN)c2)n1. The fourth-order valence-electron chi connectivity index (χ4n) is 1.69. The van der Waals surface area contributed by atoms with Gasteiger partial charge in [-0.2, -0.15) is 0 Å². The molecule has 100 valence electrons. The lowest BCUT2D eigenvalue weighted by Crippen LogP contribution is -2.13. The van der Waals surface area contributed by atoms with Gasteiger partial charge in [0.05, 0.1) is 6.54 Å². The summed E-state index contributed by atoms with van der Waals surface area (Å²) in [5.41, 5.74) is 7.48. The number of nitrogens with one attached hydrogen (secondary N) is 1. The fraction of sp³-hybridized carbons (Fsp3) is 0.125. The van der Waals surface area contributed by atoms with Gasteiger partial charge >= 0.3 is 0 Å². The standard InChI is InChI=1S/C16H15N3O/c1-12-5-2-9-15(18-12)19-16(20)14-8-3-6-13(11-14)7-4-10-17/h2-3,5-6,8-9,11H,10,17H2,1H3,(H,18,19,20). The van der Waals surface area contributed by atoms with Crippen LogP contribution < -0.4 is 11.1 Å². The molecule has 0 radical (unpaired) electrons. The molecule has 0 spiro atoms. The van der Waals surface area contributed by atoms with Crippen molar-refractivity contribution in [2.24, 2.45) is 5.73 Å². The van der Waals surface area contributed by atoms with Crippen molar-refractivity contribution in [1.29, 1.82) is 0 Å². The number of anilines is 1. The molecule has 3 N–H and O–H groups in total. The number of benzene rings is 1. The highest BCUT2D eigenvalue weighted by Crippen LogP contribution is 2.09. The smallest absolute Gasteiger partial charge is 0.256 e. The minimum atomic E-state index is -0.209. The van der Waals surface area contributed by atoms with Crippen LogP contribution in [0, 0.1) is 18.8 Å². The van der Waals surface area contributed by atoms with E-state index in [2.05, 4.69) is 22.1 Å². The average molecular weight is 265 g/mol. The highest BCUT2D eigenvalue weighted by Gasteiger charge is 2.07. The van der Waals surface area contributed by atoms with Gasteiger partial charge in [0.15, 0.2) is 0 Å². The third-order valence-electron chi connectivity index (χ3n) is 2.59. The molecule has 1 aromatic heterocycles. The Bertz CT molecular complexity index is 683. The molecule has 0 aliphatic carbocycles. The van der Waals surface area contributed by atoms with Crippen LogP contribution in [0.1, 0.15) is 21.6 Å². The number of pyridine rings is 1. The molecule has 0 saturated heterocycles. The quantitative estimate of drug-likeness (QED) is 0.815. The zero-order valence-electron chi connectivity index (χ0n) is 11.2. The molecule has 2 rings (SSSR count). The number of carbonyl (C=O) groups excluding carboxylic acids is 1. The van der Waals surface area contributed by atoms with Crippen molar-refractivity contribution < 1.29 is 4.79 Å². The van der Waals surface area contributed by atoms with E-state index >= 15 is 0 Å². The van der Waals surface area contributed by atoms with E-state index in [9.17, 15) is 4.79 Å². The van der Waals surface area contributed by atoms with Gasteiger partial charge in [0.1, 0.15) is 5.82 Å². The Labute approximate surface area is 118 Å². The minimum absolute atomic E-state index is 0.209. The summed E-state index contributed by atoms with van der Waals surface area (Å²) in [5.74, 6) is 5.99. The van der Waals surface area contributed by atoms with Crippen LogP contribution in [0.15, 0.2) is 42.5 Å². The third kappa shape index (κ3) is 3.67. The fourth-order valence-corrected chi connectivity index (χ4v) is 1.69. The van der Waals surface area contributed by atoms with Crippen LogP contribution in [-0.4, -0.2) is 17.4 Å². The second-order valence-corrected chi connectivity index (χ2v) is 4.21. The van der Waals surface area contributed by atoms with Gasteiger partial charge in [-0.05, 0) is 37.3 Å². The maximum Gasteiger partial charge on any atom is 0.256 e. The van der Waals surface area contributed by atoms with Crippen molar-refractivity contribution in [2.45, 2.75) is 6.92 Å². The number of carbonyl (C=O) groups is 1. The molecule has 4 heteroatoms. The van der Waals surface area contributed by atoms with Crippen molar-refractivity contribution in [3.8, 4) is 11.8 Å². The van der Waals surface area contributed by atoms with E-state index in [1.165, 1.54) is 0 Å². The number of aromatic nitrogens is 1. The summed E-state index contributed by atoms with van der Waals surface area (Å²) in [6.45, 7) is 2.17. The van der Waals surface area contributed by atoms with Crippen LogP contribution in [0.4, 0.5) is 5.82 Å². The number of nitrogens with zero attached hydrogens (tertiary/aromatic N) is 1. The van der Waals surface area contributed by atoms with Crippen molar-refractivity contribution in [1.82, 2.24) is 4.98 Å². The van der Waals surface area contributed by atoms with Crippen molar-refractivity contribution in [3.05, 3.63) is 59.3 Å². The van der Waals surface area contributed by atoms with Crippen LogP contribution in [0.3, 0.4) is 0 Å². The molecule has 0 bridgehead atoms. The van der Waals surface area contributed by atoms with Crippen LogP contribution >= 0.6 is 0 Å². The second kappa shape index (κ2) is 6.50. The molecule has 1 heterocycles. The Hall–Kier alpha value is -2.64. The van der Waals surface area contributed by atoms with E-state index in [0.717, 1.165) is 11.3 Å².